The second-order valence-electron chi connectivity index (χ2n) is 5.19. The predicted molar refractivity (Wildman–Crippen MR) is 89.3 cm³/mol. The molecule has 4 rings (SSSR count). The molecule has 7 nitrogen and oxygen atoms in total. The Hall–Kier alpha value is -3.48. The number of aromatic nitrogens is 5. The molecule has 7 heteroatoms. The number of nitrogens with zero attached hydrogens (tertiary/aromatic N) is 4. The second-order valence-corrected chi connectivity index (χ2v) is 5.19. The zero-order valence-electron chi connectivity index (χ0n) is 12.8. The van der Waals surface area contributed by atoms with Gasteiger partial charge in [-0.15, -0.1) is 5.10 Å². The molecule has 0 amide bonds. The number of hydrogen-bond acceptors (Lipinski definition) is 5. The molecule has 0 aliphatic carbocycles. The summed E-state index contributed by atoms with van der Waals surface area (Å²) < 4.78 is 6.68. The number of para-hydroxylation sites is 1. The summed E-state index contributed by atoms with van der Waals surface area (Å²) in [5, 5.41) is 12.3. The number of pyridine rings is 1. The van der Waals surface area contributed by atoms with Crippen molar-refractivity contribution in [3.05, 3.63) is 65.0 Å². The van der Waals surface area contributed by atoms with Gasteiger partial charge in [0.2, 0.25) is 0 Å². The maximum atomic E-state index is 12.8. The lowest BCUT2D eigenvalue weighted by molar-refractivity contribution is 0.414. The first-order valence-corrected chi connectivity index (χ1v) is 7.31. The first kappa shape index (κ1) is 14.1. The van der Waals surface area contributed by atoms with Gasteiger partial charge in [-0.05, 0) is 46.8 Å². The van der Waals surface area contributed by atoms with E-state index in [0.29, 0.717) is 16.8 Å². The Morgan fingerprint density at radius 2 is 1.88 bits per heavy atom. The van der Waals surface area contributed by atoms with E-state index < -0.39 is 0 Å². The molecule has 0 saturated heterocycles. The molecule has 0 fully saturated rings. The summed E-state index contributed by atoms with van der Waals surface area (Å²) in [6, 6.07) is 14.6. The molecule has 0 aliphatic rings. The third-order valence-electron chi connectivity index (χ3n) is 3.82. The molecule has 2 aromatic heterocycles. The Morgan fingerprint density at radius 1 is 1.08 bits per heavy atom. The number of benzene rings is 2. The molecule has 0 spiro atoms. The van der Waals surface area contributed by atoms with E-state index in [4.69, 9.17) is 4.74 Å². The van der Waals surface area contributed by atoms with Gasteiger partial charge in [-0.25, -0.2) is 0 Å². The van der Waals surface area contributed by atoms with E-state index in [1.165, 1.54) is 4.68 Å². The molecular weight excluding hydrogens is 306 g/mol. The lowest BCUT2D eigenvalue weighted by Gasteiger charge is -2.06. The van der Waals surface area contributed by atoms with Gasteiger partial charge in [-0.1, -0.05) is 12.1 Å². The number of H-pyrrole nitrogens is 1. The van der Waals surface area contributed by atoms with Crippen LogP contribution >= 0.6 is 0 Å². The highest BCUT2D eigenvalue weighted by Gasteiger charge is 2.15. The Kier molecular flexibility index (Phi) is 3.31. The van der Waals surface area contributed by atoms with Crippen molar-refractivity contribution in [1.82, 2.24) is 25.2 Å². The van der Waals surface area contributed by atoms with Gasteiger partial charge in [0.05, 0.1) is 18.4 Å². The molecule has 118 valence electrons. The van der Waals surface area contributed by atoms with Gasteiger partial charge in [0.1, 0.15) is 5.75 Å². The van der Waals surface area contributed by atoms with Crippen molar-refractivity contribution in [3.63, 3.8) is 0 Å². The minimum absolute atomic E-state index is 0.117. The highest BCUT2D eigenvalue weighted by atomic mass is 16.5. The molecule has 0 unspecified atom stereocenters. The summed E-state index contributed by atoms with van der Waals surface area (Å²) in [5.41, 5.74) is 1.81. The number of rotatable bonds is 3. The van der Waals surface area contributed by atoms with Crippen LogP contribution in [0.15, 0.2) is 59.5 Å². The van der Waals surface area contributed by atoms with Crippen LogP contribution in [0.2, 0.25) is 0 Å². The van der Waals surface area contributed by atoms with Crippen LogP contribution in [-0.4, -0.2) is 32.3 Å². The van der Waals surface area contributed by atoms with Crippen LogP contribution in [0.4, 0.5) is 0 Å². The normalized spacial score (nSPS) is 10.9. The molecule has 4 aromatic rings. The largest absolute Gasteiger partial charge is 0.497 e. The van der Waals surface area contributed by atoms with Crippen molar-refractivity contribution >= 4 is 10.9 Å². The summed E-state index contributed by atoms with van der Waals surface area (Å²) in [7, 11) is 1.60. The van der Waals surface area contributed by atoms with Gasteiger partial charge in [0, 0.05) is 17.1 Å². The molecule has 1 N–H and O–H groups in total. The molecule has 0 aliphatic heterocycles. The standard InChI is InChI=1S/C17H13N5O2/c1-24-12-8-6-11(7-9-12)22-17(19-20-21-22)14-10-18-15-5-3-2-4-13(15)16(14)23/h2-10H,1H3,(H,18,23). The first-order chi connectivity index (χ1) is 11.8. The quantitative estimate of drug-likeness (QED) is 0.625. The first-order valence-electron chi connectivity index (χ1n) is 7.31. The van der Waals surface area contributed by atoms with E-state index >= 15 is 0 Å². The fraction of sp³-hybridized carbons (Fsp3) is 0.0588. The lowest BCUT2D eigenvalue weighted by atomic mass is 10.1. The van der Waals surface area contributed by atoms with Crippen molar-refractivity contribution in [2.24, 2.45) is 0 Å². The summed E-state index contributed by atoms with van der Waals surface area (Å²) in [5.74, 6) is 1.11. The summed E-state index contributed by atoms with van der Waals surface area (Å²) >= 11 is 0. The number of fused-ring (bicyclic) bond motifs is 1. The zero-order chi connectivity index (χ0) is 16.5. The van der Waals surface area contributed by atoms with Crippen LogP contribution in [-0.2, 0) is 0 Å². The number of nitrogens with one attached hydrogen (secondary N) is 1. The molecule has 0 saturated carbocycles. The molecule has 24 heavy (non-hydrogen) atoms. The van der Waals surface area contributed by atoms with E-state index in [1.807, 2.05) is 42.5 Å². The Bertz CT molecular complexity index is 1070. The Balaban J connectivity index is 1.88. The number of ether oxygens (including phenoxy) is 1. The second kappa shape index (κ2) is 5.62. The average molecular weight is 319 g/mol. The molecular formula is C17H13N5O2. The van der Waals surface area contributed by atoms with Crippen molar-refractivity contribution < 1.29 is 4.74 Å². The monoisotopic (exact) mass is 319 g/mol. The van der Waals surface area contributed by atoms with Gasteiger partial charge in [0.15, 0.2) is 11.3 Å². The van der Waals surface area contributed by atoms with Crippen LogP contribution in [0.5, 0.6) is 5.75 Å². The van der Waals surface area contributed by atoms with Gasteiger partial charge >= 0.3 is 0 Å². The molecule has 2 heterocycles. The van der Waals surface area contributed by atoms with Crippen molar-refractivity contribution in [2.45, 2.75) is 0 Å². The van der Waals surface area contributed by atoms with E-state index in [1.54, 1.807) is 19.4 Å². The van der Waals surface area contributed by atoms with Crippen molar-refractivity contribution in [1.29, 1.82) is 0 Å². The summed E-state index contributed by atoms with van der Waals surface area (Å²) in [6.45, 7) is 0. The fourth-order valence-electron chi connectivity index (χ4n) is 2.59. The van der Waals surface area contributed by atoms with Gasteiger partial charge in [0.25, 0.3) is 0 Å². The Labute approximate surface area is 136 Å². The molecule has 0 bridgehead atoms. The summed E-state index contributed by atoms with van der Waals surface area (Å²) in [4.78, 5) is 15.9. The van der Waals surface area contributed by atoms with Crippen molar-refractivity contribution in [2.75, 3.05) is 7.11 Å². The SMILES string of the molecule is COc1ccc(-n2nnnc2-c2c[nH]c3ccccc3c2=O)cc1. The van der Waals surface area contributed by atoms with Crippen LogP contribution in [0.1, 0.15) is 0 Å². The van der Waals surface area contributed by atoms with Crippen LogP contribution in [0.3, 0.4) is 0 Å². The number of tetrazole rings is 1. The third-order valence-corrected chi connectivity index (χ3v) is 3.82. The van der Waals surface area contributed by atoms with Crippen LogP contribution in [0.25, 0.3) is 28.0 Å². The smallest absolute Gasteiger partial charge is 0.200 e. The minimum atomic E-state index is -0.117. The van der Waals surface area contributed by atoms with Crippen LogP contribution < -0.4 is 10.2 Å². The third kappa shape index (κ3) is 2.23. The molecule has 0 radical (unpaired) electrons. The van der Waals surface area contributed by atoms with E-state index in [2.05, 4.69) is 20.5 Å². The predicted octanol–water partition coefficient (Wildman–Crippen LogP) is 2.18. The minimum Gasteiger partial charge on any atom is -0.497 e. The van der Waals surface area contributed by atoms with E-state index in [-0.39, 0.29) is 5.43 Å². The Morgan fingerprint density at radius 3 is 2.67 bits per heavy atom. The summed E-state index contributed by atoms with van der Waals surface area (Å²) in [6.07, 6.45) is 1.64. The highest BCUT2D eigenvalue weighted by Crippen LogP contribution is 2.20. The number of methoxy groups -OCH3 is 1. The van der Waals surface area contributed by atoms with Gasteiger partial charge in [-0.2, -0.15) is 4.68 Å². The van der Waals surface area contributed by atoms with Gasteiger partial charge < -0.3 is 9.72 Å². The highest BCUT2D eigenvalue weighted by molar-refractivity contribution is 5.82. The lowest BCUT2D eigenvalue weighted by Crippen LogP contribution is -2.10. The van der Waals surface area contributed by atoms with Gasteiger partial charge in [-0.3, -0.25) is 4.79 Å². The van der Waals surface area contributed by atoms with E-state index in [0.717, 1.165) is 17.0 Å². The van der Waals surface area contributed by atoms with E-state index in [9.17, 15) is 4.79 Å². The number of aromatic amines is 1. The zero-order valence-corrected chi connectivity index (χ0v) is 12.8. The van der Waals surface area contributed by atoms with Crippen LogP contribution in [0, 0.1) is 0 Å². The molecule has 2 aromatic carbocycles. The topological polar surface area (TPSA) is 85.7 Å². The number of hydrogen-bond donors (Lipinski definition) is 1. The fourth-order valence-corrected chi connectivity index (χ4v) is 2.59. The van der Waals surface area contributed by atoms with Crippen molar-refractivity contribution in [3.8, 4) is 22.8 Å². The maximum Gasteiger partial charge on any atom is 0.200 e. The molecule has 0 atom stereocenters. The maximum absolute atomic E-state index is 12.8. The average Bonchev–Trinajstić information content (AvgIpc) is 3.12.